The van der Waals surface area contributed by atoms with E-state index in [1.165, 1.54) is 11.1 Å². The van der Waals surface area contributed by atoms with Gasteiger partial charge in [0.1, 0.15) is 5.82 Å². The number of anilines is 1. The number of fused-ring (bicyclic) bond motifs is 1. The summed E-state index contributed by atoms with van der Waals surface area (Å²) in [5.74, 6) is 1.03. The molecule has 8 heteroatoms. The lowest BCUT2D eigenvalue weighted by molar-refractivity contribution is -0.132. The minimum Gasteiger partial charge on any atom is -0.340 e. The van der Waals surface area contributed by atoms with Crippen molar-refractivity contribution in [2.45, 2.75) is 69.9 Å². The molecule has 4 aromatic carbocycles. The summed E-state index contributed by atoms with van der Waals surface area (Å²) in [4.78, 5) is 51.3. The number of amides is 3. The molecule has 5 aromatic rings. The molecule has 49 heavy (non-hydrogen) atoms. The lowest BCUT2D eigenvalue weighted by Gasteiger charge is -2.24. The first-order valence-corrected chi connectivity index (χ1v) is 17.5. The Morgan fingerprint density at radius 3 is 2.02 bits per heavy atom. The van der Waals surface area contributed by atoms with Crippen LogP contribution in [0.2, 0.25) is 0 Å². The largest absolute Gasteiger partial charge is 0.340 e. The van der Waals surface area contributed by atoms with E-state index >= 15 is 0 Å². The molecule has 2 fully saturated rings. The molecule has 0 aliphatic carbocycles. The van der Waals surface area contributed by atoms with Crippen molar-refractivity contribution in [2.24, 2.45) is 0 Å². The van der Waals surface area contributed by atoms with Gasteiger partial charge in [0.05, 0.1) is 29.9 Å². The maximum atomic E-state index is 13.2. The number of rotatable bonds is 11. The first-order chi connectivity index (χ1) is 24.0. The Bertz CT molecular complexity index is 1900. The Morgan fingerprint density at radius 1 is 0.694 bits per heavy atom. The molecule has 2 saturated heterocycles. The van der Waals surface area contributed by atoms with Gasteiger partial charge < -0.3 is 20.1 Å². The van der Waals surface area contributed by atoms with Crippen molar-refractivity contribution in [3.8, 4) is 0 Å². The van der Waals surface area contributed by atoms with E-state index in [2.05, 4.69) is 40.6 Å². The second-order valence-corrected chi connectivity index (χ2v) is 13.4. The van der Waals surface area contributed by atoms with Crippen LogP contribution in [0.3, 0.4) is 0 Å². The summed E-state index contributed by atoms with van der Waals surface area (Å²) in [6, 6.07) is 34.0. The highest BCUT2D eigenvalue weighted by Gasteiger charge is 2.32. The quantitative estimate of drug-likeness (QED) is 0.164. The first-order valence-electron chi connectivity index (χ1n) is 17.5. The third kappa shape index (κ3) is 7.91. The van der Waals surface area contributed by atoms with E-state index in [1.807, 2.05) is 82.6 Å². The van der Waals surface area contributed by atoms with Crippen LogP contribution < -0.4 is 5.32 Å². The van der Waals surface area contributed by atoms with Crippen LogP contribution in [0.5, 0.6) is 0 Å². The summed E-state index contributed by atoms with van der Waals surface area (Å²) in [7, 11) is 0. The van der Waals surface area contributed by atoms with Crippen LogP contribution >= 0.6 is 0 Å². The SMILES string of the molecule is O=C(C[C@@H]1CCCN1C(=O)Cc1ccccc1)Nc1ccc(CCc2ccc3nc([C@@H]4CCCN4C(=O)Cc4ccccc4)[nH]c3c2)cc1. The fourth-order valence-electron chi connectivity index (χ4n) is 7.33. The Kier molecular flexibility index (Phi) is 9.82. The predicted molar refractivity (Wildman–Crippen MR) is 192 cm³/mol. The standard InChI is InChI=1S/C41H43N5O3/c47-38(28-34-13-7-23-45(34)39(48)26-30-9-3-1-4-10-30)42-33-20-17-29(18-21-33)15-16-32-19-22-35-36(25-32)44-41(43-35)37-14-8-24-46(37)40(49)27-31-11-5-2-6-12-31/h1-6,9-12,17-22,25,34,37H,7-8,13-16,23-24,26-28H2,(H,42,47)(H,43,44)/t34-,37-/m0/s1. The molecule has 0 saturated carbocycles. The Morgan fingerprint density at radius 2 is 1.31 bits per heavy atom. The Labute approximate surface area is 287 Å². The zero-order valence-electron chi connectivity index (χ0n) is 27.8. The molecule has 0 radical (unpaired) electrons. The summed E-state index contributed by atoms with van der Waals surface area (Å²) in [6.45, 7) is 1.47. The average molecular weight is 654 g/mol. The normalized spacial score (nSPS) is 17.5. The van der Waals surface area contributed by atoms with Crippen molar-refractivity contribution >= 4 is 34.4 Å². The van der Waals surface area contributed by atoms with E-state index in [-0.39, 0.29) is 29.8 Å². The Hall–Kier alpha value is -5.24. The molecule has 2 aliphatic rings. The van der Waals surface area contributed by atoms with Gasteiger partial charge >= 0.3 is 0 Å². The number of aromatic amines is 1. The number of carbonyl (C=O) groups excluding carboxylic acids is 3. The van der Waals surface area contributed by atoms with E-state index in [1.54, 1.807) is 0 Å². The predicted octanol–water partition coefficient (Wildman–Crippen LogP) is 6.82. The van der Waals surface area contributed by atoms with E-state index in [0.29, 0.717) is 25.8 Å². The maximum absolute atomic E-state index is 13.2. The number of aryl methyl sites for hydroxylation is 2. The zero-order valence-corrected chi connectivity index (χ0v) is 27.8. The van der Waals surface area contributed by atoms with Crippen molar-refractivity contribution < 1.29 is 14.4 Å². The summed E-state index contributed by atoms with van der Waals surface area (Å²) >= 11 is 0. The van der Waals surface area contributed by atoms with Crippen LogP contribution in [0.1, 0.15) is 66.2 Å². The van der Waals surface area contributed by atoms with Gasteiger partial charge in [0, 0.05) is 31.2 Å². The fourth-order valence-corrected chi connectivity index (χ4v) is 7.33. The van der Waals surface area contributed by atoms with Crippen LogP contribution in [0, 0.1) is 0 Å². The molecular weight excluding hydrogens is 610 g/mol. The van der Waals surface area contributed by atoms with E-state index in [4.69, 9.17) is 4.98 Å². The van der Waals surface area contributed by atoms with Gasteiger partial charge in [0.25, 0.3) is 0 Å². The Balaban J connectivity index is 0.907. The van der Waals surface area contributed by atoms with Gasteiger partial charge in [0.2, 0.25) is 17.7 Å². The molecule has 2 aliphatic heterocycles. The van der Waals surface area contributed by atoms with Gasteiger partial charge in [-0.05, 0) is 85.0 Å². The molecule has 0 spiro atoms. The molecule has 3 amide bonds. The molecule has 0 unspecified atom stereocenters. The smallest absolute Gasteiger partial charge is 0.227 e. The lowest BCUT2D eigenvalue weighted by Crippen LogP contribution is -2.38. The summed E-state index contributed by atoms with van der Waals surface area (Å²) < 4.78 is 0. The van der Waals surface area contributed by atoms with Gasteiger partial charge in [-0.3, -0.25) is 14.4 Å². The summed E-state index contributed by atoms with van der Waals surface area (Å²) in [5, 5.41) is 3.03. The van der Waals surface area contributed by atoms with Crippen LogP contribution in [-0.4, -0.2) is 56.6 Å². The van der Waals surface area contributed by atoms with Crippen molar-refractivity contribution in [3.05, 3.63) is 131 Å². The number of hydrogen-bond acceptors (Lipinski definition) is 4. The van der Waals surface area contributed by atoms with Crippen molar-refractivity contribution in [3.63, 3.8) is 0 Å². The number of hydrogen-bond donors (Lipinski definition) is 2. The molecule has 7 rings (SSSR count). The summed E-state index contributed by atoms with van der Waals surface area (Å²) in [6.07, 6.45) is 6.50. The fraction of sp³-hybridized carbons (Fsp3) is 0.317. The van der Waals surface area contributed by atoms with Crippen LogP contribution in [0.4, 0.5) is 5.69 Å². The number of benzene rings is 4. The average Bonchev–Trinajstić information content (AvgIpc) is 3.89. The van der Waals surface area contributed by atoms with Gasteiger partial charge in [-0.1, -0.05) is 78.9 Å². The molecule has 2 atom stereocenters. The second kappa shape index (κ2) is 14.9. The number of nitrogens with zero attached hydrogens (tertiary/aromatic N) is 3. The van der Waals surface area contributed by atoms with Gasteiger partial charge in [-0.25, -0.2) is 4.98 Å². The zero-order chi connectivity index (χ0) is 33.6. The van der Waals surface area contributed by atoms with Crippen LogP contribution in [-0.2, 0) is 40.1 Å². The molecule has 0 bridgehead atoms. The number of imidazole rings is 1. The van der Waals surface area contributed by atoms with Gasteiger partial charge in [0.15, 0.2) is 0 Å². The highest BCUT2D eigenvalue weighted by Crippen LogP contribution is 2.32. The molecule has 2 N–H and O–H groups in total. The minimum atomic E-state index is -0.0642. The minimum absolute atomic E-state index is 0.0229. The topological polar surface area (TPSA) is 98.4 Å². The molecule has 3 heterocycles. The summed E-state index contributed by atoms with van der Waals surface area (Å²) in [5.41, 5.74) is 7.12. The number of H-pyrrole nitrogens is 1. The third-order valence-corrected chi connectivity index (χ3v) is 9.91. The van der Waals surface area contributed by atoms with E-state index < -0.39 is 0 Å². The van der Waals surface area contributed by atoms with E-state index in [9.17, 15) is 14.4 Å². The lowest BCUT2D eigenvalue weighted by atomic mass is 10.0. The van der Waals surface area contributed by atoms with Gasteiger partial charge in [-0.2, -0.15) is 0 Å². The van der Waals surface area contributed by atoms with Crippen LogP contribution in [0.15, 0.2) is 103 Å². The van der Waals surface area contributed by atoms with Crippen molar-refractivity contribution in [1.29, 1.82) is 0 Å². The maximum Gasteiger partial charge on any atom is 0.227 e. The second-order valence-electron chi connectivity index (χ2n) is 13.4. The number of likely N-dealkylation sites (tertiary alicyclic amines) is 2. The highest BCUT2D eigenvalue weighted by molar-refractivity contribution is 5.91. The number of nitrogens with one attached hydrogen (secondary N) is 2. The molecule has 250 valence electrons. The number of aromatic nitrogens is 2. The van der Waals surface area contributed by atoms with Crippen molar-refractivity contribution in [1.82, 2.24) is 19.8 Å². The number of carbonyl (C=O) groups is 3. The first kappa shape index (κ1) is 32.3. The van der Waals surface area contributed by atoms with Crippen molar-refractivity contribution in [2.75, 3.05) is 18.4 Å². The van der Waals surface area contributed by atoms with E-state index in [0.717, 1.165) is 78.7 Å². The molecular formula is C41H43N5O3. The van der Waals surface area contributed by atoms with Gasteiger partial charge in [-0.15, -0.1) is 0 Å². The highest BCUT2D eigenvalue weighted by atomic mass is 16.2. The molecule has 8 nitrogen and oxygen atoms in total. The van der Waals surface area contributed by atoms with Crippen LogP contribution in [0.25, 0.3) is 11.0 Å². The third-order valence-electron chi connectivity index (χ3n) is 9.91. The molecule has 1 aromatic heterocycles. The monoisotopic (exact) mass is 653 g/mol.